The summed E-state index contributed by atoms with van der Waals surface area (Å²) < 4.78 is 29.1. The van der Waals surface area contributed by atoms with Crippen LogP contribution < -0.4 is 0 Å². The molecular formula is C24H29ClN2O4S. The van der Waals surface area contributed by atoms with E-state index in [0.29, 0.717) is 34.8 Å². The largest absolute Gasteiger partial charge is 0.441 e. The van der Waals surface area contributed by atoms with Crippen LogP contribution in [0.3, 0.4) is 0 Å². The molecule has 2 unspecified atom stereocenters. The summed E-state index contributed by atoms with van der Waals surface area (Å²) in [7, 11) is -3.21. The van der Waals surface area contributed by atoms with Gasteiger partial charge in [-0.25, -0.2) is 13.4 Å². The minimum absolute atomic E-state index is 0. The lowest BCUT2D eigenvalue weighted by Gasteiger charge is -2.23. The number of hydrogen-bond acceptors (Lipinski definition) is 6. The average Bonchev–Trinajstić information content (AvgIpc) is 3.33. The zero-order chi connectivity index (χ0) is 22.2. The molecule has 4 rings (SSSR count). The highest BCUT2D eigenvalue weighted by atomic mass is 35.5. The van der Waals surface area contributed by atoms with Crippen molar-refractivity contribution in [2.24, 2.45) is 0 Å². The first-order valence-corrected chi connectivity index (χ1v) is 12.4. The Morgan fingerprint density at radius 1 is 1.09 bits per heavy atom. The first-order chi connectivity index (χ1) is 14.7. The second-order valence-electron chi connectivity index (χ2n) is 8.34. The third kappa shape index (κ3) is 5.23. The number of benzene rings is 2. The number of rotatable bonds is 6. The van der Waals surface area contributed by atoms with Crippen molar-refractivity contribution in [3.63, 3.8) is 0 Å². The number of aliphatic hydroxyl groups excluding tert-OH is 1. The van der Waals surface area contributed by atoms with Crippen molar-refractivity contribution in [3.05, 3.63) is 60.0 Å². The molecule has 0 aliphatic carbocycles. The maximum atomic E-state index is 11.6. The minimum Gasteiger partial charge on any atom is -0.441 e. The summed E-state index contributed by atoms with van der Waals surface area (Å²) in [6, 6.07) is 15.1. The highest BCUT2D eigenvalue weighted by Gasteiger charge is 2.26. The fraction of sp³-hybridized carbons (Fsp3) is 0.375. The van der Waals surface area contributed by atoms with Crippen LogP contribution in [0.2, 0.25) is 0 Å². The quantitative estimate of drug-likeness (QED) is 0.557. The molecular weight excluding hydrogens is 448 g/mol. The van der Waals surface area contributed by atoms with E-state index >= 15 is 0 Å². The van der Waals surface area contributed by atoms with E-state index in [0.717, 1.165) is 23.2 Å². The molecule has 1 aromatic heterocycles. The van der Waals surface area contributed by atoms with E-state index in [4.69, 9.17) is 4.42 Å². The maximum Gasteiger partial charge on any atom is 0.226 e. The lowest BCUT2D eigenvalue weighted by molar-refractivity contribution is 0.106. The Morgan fingerprint density at radius 3 is 2.19 bits per heavy atom. The number of sulfone groups is 1. The smallest absolute Gasteiger partial charge is 0.226 e. The van der Waals surface area contributed by atoms with Gasteiger partial charge in [-0.15, -0.1) is 12.4 Å². The van der Waals surface area contributed by atoms with Gasteiger partial charge in [0.25, 0.3) is 0 Å². The van der Waals surface area contributed by atoms with E-state index in [1.165, 1.54) is 19.1 Å². The summed E-state index contributed by atoms with van der Waals surface area (Å²) in [5, 5.41) is 10.7. The lowest BCUT2D eigenvalue weighted by atomic mass is 10.0. The Morgan fingerprint density at radius 2 is 1.66 bits per heavy atom. The summed E-state index contributed by atoms with van der Waals surface area (Å²) in [5.41, 5.74) is 3.32. The van der Waals surface area contributed by atoms with Gasteiger partial charge < -0.3 is 9.52 Å². The molecule has 0 bridgehead atoms. The number of likely N-dealkylation sites (tertiary alicyclic amines) is 1. The van der Waals surface area contributed by atoms with Crippen LogP contribution in [0, 0.1) is 6.92 Å². The molecule has 1 aliphatic heterocycles. The highest BCUT2D eigenvalue weighted by Crippen LogP contribution is 2.29. The number of halogens is 1. The Kier molecular flexibility index (Phi) is 7.45. The normalized spacial score (nSPS) is 17.8. The molecule has 3 aromatic rings. The Bertz CT molecular complexity index is 1160. The minimum atomic E-state index is -3.21. The molecule has 1 aliphatic rings. The summed E-state index contributed by atoms with van der Waals surface area (Å²) in [5.74, 6) is 1.12. The number of aromatic nitrogens is 1. The second-order valence-corrected chi connectivity index (χ2v) is 10.4. The van der Waals surface area contributed by atoms with Gasteiger partial charge in [0.2, 0.25) is 5.89 Å². The third-order valence-corrected chi connectivity index (χ3v) is 7.12. The number of oxazole rings is 1. The van der Waals surface area contributed by atoms with Crippen molar-refractivity contribution < 1.29 is 17.9 Å². The second kappa shape index (κ2) is 9.75. The van der Waals surface area contributed by atoms with Crippen LogP contribution in [-0.4, -0.2) is 48.8 Å². The van der Waals surface area contributed by atoms with Crippen molar-refractivity contribution in [1.82, 2.24) is 9.88 Å². The summed E-state index contributed by atoms with van der Waals surface area (Å²) in [4.78, 5) is 7.18. The first kappa shape index (κ1) is 24.5. The fourth-order valence-corrected chi connectivity index (χ4v) is 4.74. The zero-order valence-corrected chi connectivity index (χ0v) is 20.1. The van der Waals surface area contributed by atoms with Crippen molar-refractivity contribution >= 4 is 22.2 Å². The number of aryl methyl sites for hydroxylation is 1. The van der Waals surface area contributed by atoms with Gasteiger partial charge >= 0.3 is 0 Å². The van der Waals surface area contributed by atoms with Crippen LogP contribution in [0.5, 0.6) is 0 Å². The molecule has 0 saturated carbocycles. The maximum absolute atomic E-state index is 11.6. The molecule has 0 amide bonds. The van der Waals surface area contributed by atoms with E-state index in [1.54, 1.807) is 24.3 Å². The van der Waals surface area contributed by atoms with Crippen LogP contribution in [0.4, 0.5) is 0 Å². The molecule has 8 heteroatoms. The first-order valence-electron chi connectivity index (χ1n) is 10.5. The van der Waals surface area contributed by atoms with Gasteiger partial charge in [0.05, 0.1) is 4.90 Å². The van der Waals surface area contributed by atoms with E-state index in [9.17, 15) is 13.5 Å². The number of hydrogen-bond donors (Lipinski definition) is 1. The Labute approximate surface area is 195 Å². The fourth-order valence-electron chi connectivity index (χ4n) is 4.11. The van der Waals surface area contributed by atoms with Crippen molar-refractivity contribution in [3.8, 4) is 22.6 Å². The van der Waals surface area contributed by atoms with Crippen LogP contribution >= 0.6 is 12.4 Å². The molecule has 1 saturated heterocycles. The van der Waals surface area contributed by atoms with Crippen molar-refractivity contribution in [2.75, 3.05) is 19.3 Å². The van der Waals surface area contributed by atoms with Gasteiger partial charge in [0.15, 0.2) is 9.84 Å². The number of aliphatic hydroxyl groups is 1. The lowest BCUT2D eigenvalue weighted by Crippen LogP contribution is -2.31. The summed E-state index contributed by atoms with van der Waals surface area (Å²) in [6.07, 6.45) is 2.86. The molecule has 0 spiro atoms. The summed E-state index contributed by atoms with van der Waals surface area (Å²) >= 11 is 0. The monoisotopic (exact) mass is 476 g/mol. The van der Waals surface area contributed by atoms with Gasteiger partial charge in [-0.05, 0) is 68.6 Å². The predicted octanol–water partition coefficient (Wildman–Crippen LogP) is 4.66. The van der Waals surface area contributed by atoms with Crippen molar-refractivity contribution in [1.29, 1.82) is 0 Å². The van der Waals surface area contributed by atoms with Gasteiger partial charge in [-0.1, -0.05) is 24.3 Å². The SMILES string of the molecule is Cc1oc(-c2ccc(-c3ccc(S(C)(=O)=O)cc3)cc2)nc1C(O)CN1CCCC1C.Cl. The third-order valence-electron chi connectivity index (χ3n) is 5.99. The van der Waals surface area contributed by atoms with E-state index < -0.39 is 15.9 Å². The summed E-state index contributed by atoms with van der Waals surface area (Å²) in [6.45, 7) is 5.60. The van der Waals surface area contributed by atoms with Crippen molar-refractivity contribution in [2.45, 2.75) is 43.7 Å². The van der Waals surface area contributed by atoms with Crippen LogP contribution in [0.1, 0.15) is 37.3 Å². The molecule has 2 aromatic carbocycles. The average molecular weight is 477 g/mol. The molecule has 172 valence electrons. The molecule has 2 atom stereocenters. The van der Waals surface area contributed by atoms with Gasteiger partial charge in [0.1, 0.15) is 17.6 Å². The number of β-amino-alcohol motifs (C(OH)–C–C–N with tert-alkyl or cyclic N) is 1. The van der Waals surface area contributed by atoms with Crippen LogP contribution in [0.25, 0.3) is 22.6 Å². The molecule has 1 N–H and O–H groups in total. The van der Waals surface area contributed by atoms with E-state index in [2.05, 4.69) is 16.8 Å². The van der Waals surface area contributed by atoms with Gasteiger partial charge in [0, 0.05) is 24.4 Å². The predicted molar refractivity (Wildman–Crippen MR) is 128 cm³/mol. The van der Waals surface area contributed by atoms with Gasteiger partial charge in [-0.3, -0.25) is 4.90 Å². The van der Waals surface area contributed by atoms with E-state index in [-0.39, 0.29) is 12.4 Å². The zero-order valence-electron chi connectivity index (χ0n) is 18.5. The Balaban J connectivity index is 0.00000289. The Hall–Kier alpha value is -2.19. The molecule has 1 fully saturated rings. The van der Waals surface area contributed by atoms with Gasteiger partial charge in [-0.2, -0.15) is 0 Å². The molecule has 6 nitrogen and oxygen atoms in total. The molecule has 2 heterocycles. The van der Waals surface area contributed by atoms with E-state index in [1.807, 2.05) is 31.2 Å². The molecule has 32 heavy (non-hydrogen) atoms. The molecule has 0 radical (unpaired) electrons. The highest BCUT2D eigenvalue weighted by molar-refractivity contribution is 7.90. The van der Waals surface area contributed by atoms with Crippen LogP contribution in [0.15, 0.2) is 57.8 Å². The standard InChI is InChI=1S/C24H28N2O4S.ClH/c1-16-5-4-14-26(16)15-22(27)23-17(2)30-24(25-23)20-8-6-18(7-9-20)19-10-12-21(13-11-19)31(3,28)29;/h6-13,16,22,27H,4-5,14-15H2,1-3H3;1H. The topological polar surface area (TPSA) is 83.6 Å². The van der Waals surface area contributed by atoms with Crippen LogP contribution in [-0.2, 0) is 9.84 Å². The number of nitrogens with zero attached hydrogens (tertiary/aromatic N) is 2.